The van der Waals surface area contributed by atoms with Crippen LogP contribution in [-0.2, 0) is 0 Å². The number of hydrogen-bond donors (Lipinski definition) is 1. The van der Waals surface area contributed by atoms with Gasteiger partial charge in [0, 0.05) is 11.1 Å². The molecular weight excluding hydrogens is 170 g/mol. The van der Waals surface area contributed by atoms with Gasteiger partial charge in [-0.05, 0) is 39.0 Å². The first-order valence-electron chi connectivity index (χ1n) is 4.32. The summed E-state index contributed by atoms with van der Waals surface area (Å²) >= 11 is 5.78. The number of rotatable bonds is 4. The molecule has 0 spiro atoms. The lowest BCUT2D eigenvalue weighted by molar-refractivity contribution is 0.723. The molecule has 0 rings (SSSR count). The van der Waals surface area contributed by atoms with E-state index >= 15 is 0 Å². The fourth-order valence-electron chi connectivity index (χ4n) is 0.928. The summed E-state index contributed by atoms with van der Waals surface area (Å²) in [5, 5.41) is 3.99. The first-order valence-corrected chi connectivity index (χ1v) is 4.69. The molecule has 1 nitrogen and oxygen atoms in total. The van der Waals surface area contributed by atoms with Gasteiger partial charge in [0.05, 0.1) is 0 Å². The highest BCUT2D eigenvalue weighted by atomic mass is 35.5. The molecule has 0 amide bonds. The minimum absolute atomic E-state index is 0.409. The van der Waals surface area contributed by atoms with Gasteiger partial charge in [-0.25, -0.2) is 0 Å². The van der Waals surface area contributed by atoms with Crippen molar-refractivity contribution in [2.75, 3.05) is 7.05 Å². The average Bonchev–Trinajstić information content (AvgIpc) is 2.02. The zero-order valence-electron chi connectivity index (χ0n) is 8.32. The van der Waals surface area contributed by atoms with Crippen molar-refractivity contribution < 1.29 is 0 Å². The van der Waals surface area contributed by atoms with Crippen LogP contribution in [0, 0.1) is 0 Å². The van der Waals surface area contributed by atoms with Crippen molar-refractivity contribution in [2.24, 2.45) is 0 Å². The third kappa shape index (κ3) is 5.39. The highest BCUT2D eigenvalue weighted by molar-refractivity contribution is 6.29. The van der Waals surface area contributed by atoms with Crippen LogP contribution in [0.25, 0.3) is 0 Å². The molecule has 2 heteroatoms. The van der Waals surface area contributed by atoms with Crippen molar-refractivity contribution in [3.63, 3.8) is 0 Å². The zero-order chi connectivity index (χ0) is 9.56. The van der Waals surface area contributed by atoms with Crippen LogP contribution < -0.4 is 5.32 Å². The predicted molar refractivity (Wildman–Crippen MR) is 56.5 cm³/mol. The Labute approximate surface area is 80.5 Å². The van der Waals surface area contributed by atoms with Gasteiger partial charge in [-0.15, -0.1) is 0 Å². The Morgan fingerprint density at radius 3 is 2.50 bits per heavy atom. The average molecular weight is 188 g/mol. The number of likely N-dealkylation sites (N-methyl/N-ethyl adjacent to an activating group) is 1. The fraction of sp³-hybridized carbons (Fsp3) is 0.600. The number of halogens is 1. The van der Waals surface area contributed by atoms with E-state index in [0.29, 0.717) is 6.04 Å². The lowest BCUT2D eigenvalue weighted by atomic mass is 10.1. The van der Waals surface area contributed by atoms with Crippen molar-refractivity contribution in [1.29, 1.82) is 0 Å². The topological polar surface area (TPSA) is 12.0 Å². The van der Waals surface area contributed by atoms with Gasteiger partial charge in [0.15, 0.2) is 0 Å². The Kier molecular flexibility index (Phi) is 6.13. The number of hydrogen-bond acceptors (Lipinski definition) is 1. The molecule has 0 saturated heterocycles. The van der Waals surface area contributed by atoms with Gasteiger partial charge < -0.3 is 5.32 Å². The summed E-state index contributed by atoms with van der Waals surface area (Å²) in [4.78, 5) is 0. The molecule has 0 aliphatic carbocycles. The van der Waals surface area contributed by atoms with E-state index in [4.69, 9.17) is 11.6 Å². The van der Waals surface area contributed by atoms with Crippen molar-refractivity contribution >= 4 is 11.6 Å². The predicted octanol–water partition coefficient (Wildman–Crippen LogP) is 3.07. The van der Waals surface area contributed by atoms with Crippen molar-refractivity contribution in [3.8, 4) is 0 Å². The van der Waals surface area contributed by atoms with Crippen LogP contribution >= 0.6 is 11.6 Å². The quantitative estimate of drug-likeness (QED) is 0.668. The van der Waals surface area contributed by atoms with Crippen LogP contribution in [0.4, 0.5) is 0 Å². The molecule has 0 bridgehead atoms. The Balaban J connectivity index is 4.33. The molecule has 12 heavy (non-hydrogen) atoms. The molecule has 0 aromatic rings. The fourth-order valence-corrected chi connectivity index (χ4v) is 1.07. The molecule has 1 unspecified atom stereocenters. The van der Waals surface area contributed by atoms with Crippen LogP contribution in [0.15, 0.2) is 22.8 Å². The molecule has 1 N–H and O–H groups in total. The van der Waals surface area contributed by atoms with E-state index in [1.54, 1.807) is 0 Å². The van der Waals surface area contributed by atoms with E-state index in [-0.39, 0.29) is 0 Å². The molecular formula is C10H18ClN. The van der Waals surface area contributed by atoms with Crippen LogP contribution in [0.3, 0.4) is 0 Å². The third-order valence-electron chi connectivity index (χ3n) is 1.71. The highest BCUT2D eigenvalue weighted by Gasteiger charge is 1.95. The first-order chi connectivity index (χ1) is 5.60. The summed E-state index contributed by atoms with van der Waals surface area (Å²) in [6, 6.07) is 0.409. The Morgan fingerprint density at radius 1 is 1.58 bits per heavy atom. The smallest absolute Gasteiger partial charge is 0.0224 e. The molecule has 0 radical (unpaired) electrons. The summed E-state index contributed by atoms with van der Waals surface area (Å²) in [6.07, 6.45) is 5.22. The summed E-state index contributed by atoms with van der Waals surface area (Å²) < 4.78 is 0. The lowest BCUT2D eigenvalue weighted by Gasteiger charge is -2.05. The van der Waals surface area contributed by atoms with E-state index in [1.807, 2.05) is 20.0 Å². The maximum atomic E-state index is 5.78. The van der Waals surface area contributed by atoms with E-state index in [0.717, 1.165) is 11.5 Å². The third-order valence-corrected chi connectivity index (χ3v) is 1.82. The number of allylic oxidation sites excluding steroid dienone is 3. The molecule has 1 atom stereocenters. The summed E-state index contributed by atoms with van der Waals surface area (Å²) in [7, 11) is 1.95. The van der Waals surface area contributed by atoms with E-state index in [1.165, 1.54) is 5.57 Å². The van der Waals surface area contributed by atoms with Gasteiger partial charge >= 0.3 is 0 Å². The normalized spacial score (nSPS) is 16.4. The molecule has 0 aliphatic heterocycles. The molecule has 0 aliphatic rings. The molecule has 0 saturated carbocycles. The zero-order valence-corrected chi connectivity index (χ0v) is 9.07. The summed E-state index contributed by atoms with van der Waals surface area (Å²) in [6.45, 7) is 6.15. The lowest BCUT2D eigenvalue weighted by Crippen LogP contribution is -2.18. The Hall–Kier alpha value is -0.270. The van der Waals surface area contributed by atoms with Crippen LogP contribution in [0.2, 0.25) is 0 Å². The highest BCUT2D eigenvalue weighted by Crippen LogP contribution is 2.10. The first kappa shape index (κ1) is 11.7. The van der Waals surface area contributed by atoms with Crippen molar-refractivity contribution in [2.45, 2.75) is 33.2 Å². The largest absolute Gasteiger partial charge is 0.314 e. The molecule has 0 aromatic heterocycles. The van der Waals surface area contributed by atoms with Crippen molar-refractivity contribution in [1.82, 2.24) is 5.32 Å². The van der Waals surface area contributed by atoms with E-state index in [9.17, 15) is 0 Å². The van der Waals surface area contributed by atoms with Crippen LogP contribution in [0.1, 0.15) is 27.2 Å². The second-order valence-corrected chi connectivity index (χ2v) is 3.50. The van der Waals surface area contributed by atoms with Gasteiger partial charge in [-0.2, -0.15) is 0 Å². The maximum absolute atomic E-state index is 5.78. The van der Waals surface area contributed by atoms with Gasteiger partial charge in [-0.1, -0.05) is 24.6 Å². The van der Waals surface area contributed by atoms with Gasteiger partial charge in [0.2, 0.25) is 0 Å². The second kappa shape index (κ2) is 6.27. The monoisotopic (exact) mass is 187 g/mol. The molecule has 0 aromatic carbocycles. The minimum Gasteiger partial charge on any atom is -0.314 e. The van der Waals surface area contributed by atoms with Crippen molar-refractivity contribution in [3.05, 3.63) is 22.8 Å². The molecule has 0 fully saturated rings. The van der Waals surface area contributed by atoms with Crippen LogP contribution in [-0.4, -0.2) is 13.1 Å². The van der Waals surface area contributed by atoms with Gasteiger partial charge in [0.1, 0.15) is 0 Å². The molecule has 70 valence electrons. The van der Waals surface area contributed by atoms with E-state index in [2.05, 4.69) is 25.2 Å². The minimum atomic E-state index is 0.409. The molecule has 0 heterocycles. The van der Waals surface area contributed by atoms with Gasteiger partial charge in [-0.3, -0.25) is 0 Å². The maximum Gasteiger partial charge on any atom is 0.0224 e. The number of nitrogens with one attached hydrogen (secondary N) is 1. The summed E-state index contributed by atoms with van der Waals surface area (Å²) in [5.74, 6) is 0. The van der Waals surface area contributed by atoms with Gasteiger partial charge in [0.25, 0.3) is 0 Å². The van der Waals surface area contributed by atoms with E-state index < -0.39 is 0 Å². The Morgan fingerprint density at radius 2 is 2.17 bits per heavy atom. The van der Waals surface area contributed by atoms with Crippen LogP contribution in [0.5, 0.6) is 0 Å². The SMILES string of the molecule is CCC(=C/C(C)NC)/C=C(\C)Cl. The standard InChI is InChI=1S/C10H18ClN/c1-5-10(6-8(2)11)7-9(3)12-4/h6-7,9,12H,5H2,1-4H3/b8-6+,10-7-. The summed E-state index contributed by atoms with van der Waals surface area (Å²) in [5.41, 5.74) is 1.28. The second-order valence-electron chi connectivity index (χ2n) is 2.90. The Bertz CT molecular complexity index is 178.